The van der Waals surface area contributed by atoms with E-state index in [1.54, 1.807) is 11.5 Å². The predicted molar refractivity (Wildman–Crippen MR) is 153 cm³/mol. The lowest BCUT2D eigenvalue weighted by atomic mass is 10.1. The van der Waals surface area contributed by atoms with E-state index in [9.17, 15) is 22.8 Å². The number of terminal acetylenes is 1. The zero-order valence-electron chi connectivity index (χ0n) is 21.7. The summed E-state index contributed by atoms with van der Waals surface area (Å²) in [4.78, 5) is 43.4. The zero-order chi connectivity index (χ0) is 28.2. The van der Waals surface area contributed by atoms with Gasteiger partial charge >= 0.3 is 5.97 Å². The summed E-state index contributed by atoms with van der Waals surface area (Å²) in [6.45, 7) is 3.98. The minimum Gasteiger partial charge on any atom is -0.462 e. The summed E-state index contributed by atoms with van der Waals surface area (Å²) in [5.74, 6) is -1.60. The number of thiophene rings is 1. The van der Waals surface area contributed by atoms with E-state index in [4.69, 9.17) is 11.2 Å². The summed E-state index contributed by atoms with van der Waals surface area (Å²) in [6.07, 6.45) is 9.91. The second-order valence-corrected chi connectivity index (χ2v) is 13.4. The average Bonchev–Trinajstić information content (AvgIpc) is 3.25. The Morgan fingerprint density at radius 3 is 2.67 bits per heavy atom. The Bertz CT molecular complexity index is 1650. The second-order valence-electron chi connectivity index (χ2n) is 9.22. The van der Waals surface area contributed by atoms with Crippen LogP contribution in [0.15, 0.2) is 23.2 Å². The first-order valence-corrected chi connectivity index (χ1v) is 16.0. The number of aromatic nitrogens is 1. The number of esters is 1. The number of nitrogens with zero attached hydrogens (tertiary/aromatic N) is 2. The smallest absolute Gasteiger partial charge is 0.341 e. The Morgan fingerprint density at radius 2 is 1.92 bits per heavy atom. The monoisotopic (exact) mass is 587 g/mol. The molecule has 1 N–H and O–H groups in total. The maximum atomic E-state index is 12.8. The number of hydrogen-bond acceptors (Lipinski definition) is 8. The Hall–Kier alpha value is -3.27. The molecule has 1 aliphatic carbocycles. The average molecular weight is 588 g/mol. The van der Waals surface area contributed by atoms with Gasteiger partial charge in [-0.2, -0.15) is 4.99 Å². The largest absolute Gasteiger partial charge is 0.462 e. The lowest BCUT2D eigenvalue weighted by molar-refractivity contribution is -0.115. The molecule has 3 aromatic rings. The van der Waals surface area contributed by atoms with Crippen molar-refractivity contribution in [3.8, 4) is 12.3 Å². The molecule has 2 amide bonds. The molecule has 0 bridgehead atoms. The van der Waals surface area contributed by atoms with Gasteiger partial charge in [0, 0.05) is 4.88 Å². The van der Waals surface area contributed by atoms with E-state index in [2.05, 4.69) is 16.2 Å². The third-order valence-corrected chi connectivity index (χ3v) is 9.79. The summed E-state index contributed by atoms with van der Waals surface area (Å²) in [5.41, 5.74) is 2.98. The number of thiazole rings is 1. The van der Waals surface area contributed by atoms with Crippen molar-refractivity contribution in [1.82, 2.24) is 4.57 Å². The van der Waals surface area contributed by atoms with Crippen molar-refractivity contribution in [2.45, 2.75) is 52.5 Å². The van der Waals surface area contributed by atoms with Crippen molar-refractivity contribution in [3.63, 3.8) is 0 Å². The second kappa shape index (κ2) is 12.3. The first-order valence-electron chi connectivity index (χ1n) is 12.5. The van der Waals surface area contributed by atoms with E-state index in [0.717, 1.165) is 51.9 Å². The van der Waals surface area contributed by atoms with Crippen molar-refractivity contribution >= 4 is 65.5 Å². The molecule has 0 unspecified atom stereocenters. The highest BCUT2D eigenvalue weighted by Crippen LogP contribution is 2.38. The van der Waals surface area contributed by atoms with Crippen LogP contribution in [0, 0.1) is 19.3 Å². The number of benzene rings is 1. The number of ether oxygens (including phenoxy) is 1. The van der Waals surface area contributed by atoms with Crippen LogP contribution in [0.4, 0.5) is 5.00 Å². The molecule has 0 saturated carbocycles. The fraction of sp³-hybridized carbons (Fsp3) is 0.407. The standard InChI is InChI=1S/C27H29N3O6S3/c1-4-13-30-19-12-11-17(3)14-21(19)38-27(30)29-23(32)16-39(34,35)15-22(31)28-25-24(26(33)36-5-2)18-9-7-6-8-10-20(18)37-25/h1,11-12,14H,5-10,13,15-16H2,2-3H3,(H,28,31). The van der Waals surface area contributed by atoms with Crippen LogP contribution in [0.5, 0.6) is 0 Å². The van der Waals surface area contributed by atoms with Gasteiger partial charge in [0.2, 0.25) is 5.91 Å². The van der Waals surface area contributed by atoms with Gasteiger partial charge in [-0.3, -0.25) is 9.59 Å². The summed E-state index contributed by atoms with van der Waals surface area (Å²) >= 11 is 2.51. The van der Waals surface area contributed by atoms with Crippen LogP contribution in [-0.4, -0.2) is 48.9 Å². The Kier molecular flexibility index (Phi) is 9.04. The van der Waals surface area contributed by atoms with Gasteiger partial charge in [-0.15, -0.1) is 17.8 Å². The molecular weight excluding hydrogens is 559 g/mol. The maximum Gasteiger partial charge on any atom is 0.341 e. The summed E-state index contributed by atoms with van der Waals surface area (Å²) in [7, 11) is -4.15. The molecule has 1 aromatic carbocycles. The fourth-order valence-corrected chi connectivity index (χ4v) is 7.95. The highest BCUT2D eigenvalue weighted by atomic mass is 32.2. The number of carbonyl (C=O) groups excluding carboxylic acids is 3. The molecule has 0 aliphatic heterocycles. The highest BCUT2D eigenvalue weighted by molar-refractivity contribution is 7.92. The van der Waals surface area contributed by atoms with Gasteiger partial charge in [0.1, 0.15) is 16.5 Å². The number of amides is 2. The molecule has 12 heteroatoms. The van der Waals surface area contributed by atoms with Crippen LogP contribution < -0.4 is 10.1 Å². The lowest BCUT2D eigenvalue weighted by Gasteiger charge is -2.08. The van der Waals surface area contributed by atoms with Crippen LogP contribution in [0.25, 0.3) is 10.2 Å². The number of nitrogens with one attached hydrogen (secondary N) is 1. The molecule has 2 heterocycles. The highest BCUT2D eigenvalue weighted by Gasteiger charge is 2.28. The first-order chi connectivity index (χ1) is 18.6. The lowest BCUT2D eigenvalue weighted by Crippen LogP contribution is -2.28. The molecule has 0 saturated heterocycles. The van der Waals surface area contributed by atoms with Gasteiger partial charge in [-0.05, 0) is 62.8 Å². The van der Waals surface area contributed by atoms with Crippen LogP contribution in [0.3, 0.4) is 0 Å². The van der Waals surface area contributed by atoms with Gasteiger partial charge in [-0.25, -0.2) is 13.2 Å². The quantitative estimate of drug-likeness (QED) is 0.244. The van der Waals surface area contributed by atoms with Crippen LogP contribution in [-0.2, 0) is 43.5 Å². The third kappa shape index (κ3) is 6.84. The van der Waals surface area contributed by atoms with Crippen LogP contribution in [0.1, 0.15) is 52.5 Å². The molecule has 206 valence electrons. The van der Waals surface area contributed by atoms with E-state index in [-0.39, 0.29) is 23.0 Å². The van der Waals surface area contributed by atoms with Crippen molar-refractivity contribution in [3.05, 3.63) is 44.6 Å². The Balaban J connectivity index is 1.52. The molecule has 0 fully saturated rings. The van der Waals surface area contributed by atoms with E-state index >= 15 is 0 Å². The number of fused-ring (bicyclic) bond motifs is 2. The number of carbonyl (C=O) groups is 3. The van der Waals surface area contributed by atoms with Gasteiger partial charge in [0.05, 0.1) is 28.9 Å². The fourth-order valence-electron chi connectivity index (χ4n) is 4.50. The molecule has 0 radical (unpaired) electrons. The molecular formula is C27H29N3O6S3. The molecule has 0 atom stereocenters. The van der Waals surface area contributed by atoms with E-state index < -0.39 is 39.1 Å². The SMILES string of the molecule is C#CCn1c(=NC(=O)CS(=O)(=O)CC(=O)Nc2sc3c(c2C(=O)OCC)CCCCC3)sc2cc(C)ccc21. The van der Waals surface area contributed by atoms with Crippen LogP contribution >= 0.6 is 22.7 Å². The summed E-state index contributed by atoms with van der Waals surface area (Å²) < 4.78 is 33.3. The van der Waals surface area contributed by atoms with Gasteiger partial charge < -0.3 is 14.6 Å². The van der Waals surface area contributed by atoms with E-state index in [1.165, 1.54) is 22.7 Å². The Morgan fingerprint density at radius 1 is 1.15 bits per heavy atom. The minimum absolute atomic E-state index is 0.165. The topological polar surface area (TPSA) is 124 Å². The van der Waals surface area contributed by atoms with Gasteiger partial charge in [-0.1, -0.05) is 29.7 Å². The molecule has 4 rings (SSSR count). The number of anilines is 1. The van der Waals surface area contributed by atoms with E-state index in [0.29, 0.717) is 12.0 Å². The first kappa shape index (κ1) is 28.7. The molecule has 0 spiro atoms. The van der Waals surface area contributed by atoms with Crippen molar-refractivity contribution in [2.75, 3.05) is 23.4 Å². The van der Waals surface area contributed by atoms with E-state index in [1.807, 2.05) is 25.1 Å². The van der Waals surface area contributed by atoms with Crippen molar-refractivity contribution in [1.29, 1.82) is 0 Å². The van der Waals surface area contributed by atoms with Crippen molar-refractivity contribution in [2.24, 2.45) is 4.99 Å². The number of aryl methyl sites for hydroxylation is 2. The zero-order valence-corrected chi connectivity index (χ0v) is 24.2. The summed E-state index contributed by atoms with van der Waals surface area (Å²) in [5, 5.41) is 2.87. The maximum absolute atomic E-state index is 12.8. The minimum atomic E-state index is -4.15. The molecule has 9 nitrogen and oxygen atoms in total. The molecule has 39 heavy (non-hydrogen) atoms. The molecule has 2 aromatic heterocycles. The molecule has 1 aliphatic rings. The normalized spacial score (nSPS) is 13.9. The third-order valence-electron chi connectivity index (χ3n) is 6.16. The van der Waals surface area contributed by atoms with Gasteiger partial charge in [0.15, 0.2) is 14.6 Å². The number of hydrogen-bond donors (Lipinski definition) is 1. The Labute approximate surface area is 234 Å². The summed E-state index contributed by atoms with van der Waals surface area (Å²) in [6, 6.07) is 5.72. The number of rotatable bonds is 8. The van der Waals surface area contributed by atoms with Gasteiger partial charge in [0.25, 0.3) is 5.91 Å². The van der Waals surface area contributed by atoms with Crippen LogP contribution in [0.2, 0.25) is 0 Å². The van der Waals surface area contributed by atoms with Crippen molar-refractivity contribution < 1.29 is 27.5 Å². The number of sulfone groups is 1. The predicted octanol–water partition coefficient (Wildman–Crippen LogP) is 3.63.